The number of aromatic nitrogens is 4. The van der Waals surface area contributed by atoms with Gasteiger partial charge in [0.25, 0.3) is 5.91 Å². The predicted octanol–water partition coefficient (Wildman–Crippen LogP) is 5.30. The van der Waals surface area contributed by atoms with Gasteiger partial charge in [0.2, 0.25) is 0 Å². The fourth-order valence-corrected chi connectivity index (χ4v) is 5.26. The average molecular weight is 544 g/mol. The molecule has 1 N–H and O–H groups in total. The SMILES string of the molecule is O=C(NC1CCC(Cn2c(=O)n(Cc3ccccn3)c3ccccc32)CC1)c1cc(Cl)cnc1C(F)(F)F. The summed E-state index contributed by atoms with van der Waals surface area (Å²) in [5, 5.41) is 2.67. The van der Waals surface area contributed by atoms with E-state index in [-0.39, 0.29) is 22.7 Å². The summed E-state index contributed by atoms with van der Waals surface area (Å²) in [5.41, 5.74) is 0.517. The summed E-state index contributed by atoms with van der Waals surface area (Å²) in [6, 6.07) is 13.9. The van der Waals surface area contributed by atoms with Gasteiger partial charge in [-0.15, -0.1) is 0 Å². The van der Waals surface area contributed by atoms with Crippen molar-refractivity contribution in [3.63, 3.8) is 0 Å². The van der Waals surface area contributed by atoms with Crippen LogP contribution in [-0.4, -0.2) is 31.1 Å². The number of benzene rings is 1. The fraction of sp³-hybridized carbons (Fsp3) is 0.333. The Morgan fingerprint density at radius 2 is 1.68 bits per heavy atom. The number of amides is 1. The molecule has 1 fully saturated rings. The number of imidazole rings is 1. The molecule has 0 spiro atoms. The highest BCUT2D eigenvalue weighted by molar-refractivity contribution is 6.30. The molecule has 1 amide bonds. The average Bonchev–Trinajstić information content (AvgIpc) is 3.15. The number of halogens is 4. The Morgan fingerprint density at radius 3 is 2.34 bits per heavy atom. The van der Waals surface area contributed by atoms with Crippen LogP contribution < -0.4 is 11.0 Å². The zero-order valence-corrected chi connectivity index (χ0v) is 21.0. The topological polar surface area (TPSA) is 81.8 Å². The summed E-state index contributed by atoms with van der Waals surface area (Å²) >= 11 is 5.81. The van der Waals surface area contributed by atoms with Crippen LogP contribution in [-0.2, 0) is 19.3 Å². The molecular formula is C27H25ClF3N5O2. The molecule has 1 aliphatic carbocycles. The molecule has 38 heavy (non-hydrogen) atoms. The van der Waals surface area contributed by atoms with Crippen molar-refractivity contribution in [2.75, 3.05) is 0 Å². The molecule has 0 bridgehead atoms. The standard InChI is InChI=1S/C27H25ClF3N5O2/c28-18-13-21(24(33-14-18)27(29,30)31)25(37)34-19-10-8-17(9-11-19)15-35-22-6-1-2-7-23(22)36(26(35)38)16-20-5-3-4-12-32-20/h1-7,12-14,17,19H,8-11,15-16H2,(H,34,37). The lowest BCUT2D eigenvalue weighted by Gasteiger charge is -2.29. The Morgan fingerprint density at radius 1 is 1.00 bits per heavy atom. The van der Waals surface area contributed by atoms with E-state index in [4.69, 9.17) is 11.6 Å². The largest absolute Gasteiger partial charge is 0.434 e. The molecule has 0 atom stereocenters. The smallest absolute Gasteiger partial charge is 0.349 e. The second-order valence-electron chi connectivity index (χ2n) is 9.53. The van der Waals surface area contributed by atoms with Gasteiger partial charge in [0.15, 0.2) is 5.69 Å². The van der Waals surface area contributed by atoms with Crippen molar-refractivity contribution >= 4 is 28.5 Å². The summed E-state index contributed by atoms with van der Waals surface area (Å²) in [6.45, 7) is 0.885. The lowest BCUT2D eigenvalue weighted by atomic mass is 9.85. The lowest BCUT2D eigenvalue weighted by Crippen LogP contribution is -2.39. The highest BCUT2D eigenvalue weighted by Gasteiger charge is 2.38. The molecule has 198 valence electrons. The van der Waals surface area contributed by atoms with Crippen molar-refractivity contribution in [1.29, 1.82) is 0 Å². The van der Waals surface area contributed by atoms with Gasteiger partial charge >= 0.3 is 11.9 Å². The molecule has 1 aliphatic rings. The third-order valence-corrected chi connectivity index (χ3v) is 7.17. The summed E-state index contributed by atoms with van der Waals surface area (Å²) in [7, 11) is 0. The number of para-hydroxylation sites is 2. The molecule has 0 radical (unpaired) electrons. The number of nitrogens with one attached hydrogen (secondary N) is 1. The van der Waals surface area contributed by atoms with Crippen molar-refractivity contribution in [3.8, 4) is 0 Å². The summed E-state index contributed by atoms with van der Waals surface area (Å²) in [6.07, 6.45) is 0.428. The number of carbonyl (C=O) groups excluding carboxylic acids is 1. The Balaban J connectivity index is 1.27. The monoisotopic (exact) mass is 543 g/mol. The zero-order chi connectivity index (χ0) is 26.9. The van der Waals surface area contributed by atoms with Gasteiger partial charge in [0.05, 0.1) is 33.9 Å². The molecule has 4 aromatic rings. The van der Waals surface area contributed by atoms with Gasteiger partial charge in [-0.3, -0.25) is 18.9 Å². The van der Waals surface area contributed by atoms with Gasteiger partial charge in [-0.05, 0) is 61.9 Å². The van der Waals surface area contributed by atoms with Crippen LogP contribution >= 0.6 is 11.6 Å². The van der Waals surface area contributed by atoms with Gasteiger partial charge in [0.1, 0.15) is 0 Å². The first kappa shape index (κ1) is 26.0. The quantitative estimate of drug-likeness (QED) is 0.358. The maximum absolute atomic E-state index is 13.4. The number of alkyl halides is 3. The number of hydrogen-bond acceptors (Lipinski definition) is 4. The Labute approximate surface area is 221 Å². The number of rotatable bonds is 6. The zero-order valence-electron chi connectivity index (χ0n) is 20.3. The second-order valence-corrected chi connectivity index (χ2v) is 9.96. The maximum atomic E-state index is 13.4. The number of nitrogens with zero attached hydrogens (tertiary/aromatic N) is 4. The van der Waals surface area contributed by atoms with Gasteiger partial charge in [0, 0.05) is 25.0 Å². The number of hydrogen-bond donors (Lipinski definition) is 1. The third-order valence-electron chi connectivity index (χ3n) is 6.96. The van der Waals surface area contributed by atoms with Crippen molar-refractivity contribution in [1.82, 2.24) is 24.4 Å². The highest BCUT2D eigenvalue weighted by atomic mass is 35.5. The first-order valence-corrected chi connectivity index (χ1v) is 12.7. The van der Waals surface area contributed by atoms with Crippen LogP contribution in [0.15, 0.2) is 65.7 Å². The minimum absolute atomic E-state index is 0.0421. The van der Waals surface area contributed by atoms with Crippen LogP contribution in [0.5, 0.6) is 0 Å². The molecular weight excluding hydrogens is 519 g/mol. The van der Waals surface area contributed by atoms with E-state index in [2.05, 4.69) is 15.3 Å². The van der Waals surface area contributed by atoms with Crippen LogP contribution in [0.25, 0.3) is 11.0 Å². The van der Waals surface area contributed by atoms with Crippen LogP contribution in [0, 0.1) is 5.92 Å². The number of fused-ring (bicyclic) bond motifs is 1. The number of carbonyl (C=O) groups is 1. The third kappa shape index (κ3) is 5.45. The Hall–Kier alpha value is -3.66. The van der Waals surface area contributed by atoms with Crippen molar-refractivity contribution in [3.05, 3.63) is 93.4 Å². The van der Waals surface area contributed by atoms with E-state index in [0.29, 0.717) is 25.9 Å². The van der Waals surface area contributed by atoms with E-state index in [1.807, 2.05) is 42.5 Å². The summed E-state index contributed by atoms with van der Waals surface area (Å²) in [5.74, 6) is -0.655. The van der Waals surface area contributed by atoms with Crippen molar-refractivity contribution < 1.29 is 18.0 Å². The molecule has 0 saturated heterocycles. The van der Waals surface area contributed by atoms with E-state index in [9.17, 15) is 22.8 Å². The first-order valence-electron chi connectivity index (χ1n) is 12.3. The van der Waals surface area contributed by atoms with Gasteiger partial charge < -0.3 is 5.32 Å². The maximum Gasteiger partial charge on any atom is 0.434 e. The second kappa shape index (κ2) is 10.6. The lowest BCUT2D eigenvalue weighted by molar-refractivity contribution is -0.141. The summed E-state index contributed by atoms with van der Waals surface area (Å²) in [4.78, 5) is 33.8. The van der Waals surface area contributed by atoms with E-state index in [0.717, 1.165) is 41.8 Å². The van der Waals surface area contributed by atoms with E-state index >= 15 is 0 Å². The van der Waals surface area contributed by atoms with E-state index in [1.54, 1.807) is 15.3 Å². The predicted molar refractivity (Wildman–Crippen MR) is 137 cm³/mol. The van der Waals surface area contributed by atoms with Gasteiger partial charge in [-0.2, -0.15) is 13.2 Å². The van der Waals surface area contributed by atoms with Crippen LogP contribution in [0.3, 0.4) is 0 Å². The minimum Gasteiger partial charge on any atom is -0.349 e. The van der Waals surface area contributed by atoms with Gasteiger partial charge in [-0.1, -0.05) is 29.8 Å². The highest BCUT2D eigenvalue weighted by Crippen LogP contribution is 2.32. The van der Waals surface area contributed by atoms with Crippen molar-refractivity contribution in [2.45, 2.75) is 51.0 Å². The normalized spacial score (nSPS) is 18.0. The Bertz CT molecular complexity index is 1510. The molecule has 11 heteroatoms. The van der Waals surface area contributed by atoms with Crippen LogP contribution in [0.1, 0.15) is 47.4 Å². The molecule has 1 saturated carbocycles. The number of pyridine rings is 2. The first-order chi connectivity index (χ1) is 18.2. The van der Waals surface area contributed by atoms with Crippen molar-refractivity contribution in [2.24, 2.45) is 5.92 Å². The Kier molecular flexibility index (Phi) is 7.25. The van der Waals surface area contributed by atoms with Crippen LogP contribution in [0.4, 0.5) is 13.2 Å². The fourth-order valence-electron chi connectivity index (χ4n) is 5.10. The molecule has 1 aromatic carbocycles. The molecule has 5 rings (SSSR count). The minimum atomic E-state index is -4.77. The van der Waals surface area contributed by atoms with Crippen LogP contribution in [0.2, 0.25) is 5.02 Å². The molecule has 0 unspecified atom stereocenters. The molecule has 3 aromatic heterocycles. The molecule has 7 nitrogen and oxygen atoms in total. The summed E-state index contributed by atoms with van der Waals surface area (Å²) < 4.78 is 43.5. The van der Waals surface area contributed by atoms with Gasteiger partial charge in [-0.25, -0.2) is 9.78 Å². The molecule has 3 heterocycles. The molecule has 0 aliphatic heterocycles. The van der Waals surface area contributed by atoms with E-state index in [1.165, 1.54) is 0 Å². The van der Waals surface area contributed by atoms with E-state index < -0.39 is 23.3 Å².